The maximum atomic E-state index is 6.23. The second-order valence-corrected chi connectivity index (χ2v) is 6.14. The van der Waals surface area contributed by atoms with Crippen molar-refractivity contribution in [3.63, 3.8) is 0 Å². The number of hydrogen-bond donors (Lipinski definition) is 1. The molecule has 0 fully saturated rings. The van der Waals surface area contributed by atoms with Crippen LogP contribution < -0.4 is 4.74 Å². The largest absolute Gasteiger partial charge is 0.474 e. The van der Waals surface area contributed by atoms with Crippen molar-refractivity contribution >= 4 is 23.2 Å². The lowest BCUT2D eigenvalue weighted by Gasteiger charge is -2.10. The van der Waals surface area contributed by atoms with Crippen molar-refractivity contribution in [1.82, 2.24) is 15.2 Å². The Labute approximate surface area is 144 Å². The number of halogens is 2. The topological polar surface area (TPSA) is 50.8 Å². The quantitative estimate of drug-likeness (QED) is 0.702. The van der Waals surface area contributed by atoms with Gasteiger partial charge in [0.05, 0.1) is 17.5 Å². The third kappa shape index (κ3) is 3.49. The van der Waals surface area contributed by atoms with Gasteiger partial charge in [0.1, 0.15) is 5.02 Å². The molecule has 0 spiro atoms. The van der Waals surface area contributed by atoms with E-state index in [0.717, 1.165) is 22.5 Å². The van der Waals surface area contributed by atoms with Gasteiger partial charge in [0.25, 0.3) is 0 Å². The first kappa shape index (κ1) is 15.8. The molecule has 1 N–H and O–H groups in total. The maximum Gasteiger partial charge on any atom is 0.232 e. The van der Waals surface area contributed by atoms with E-state index in [-0.39, 0.29) is 6.10 Å². The Bertz CT molecular complexity index is 830. The molecule has 0 aliphatic carbocycles. The van der Waals surface area contributed by atoms with E-state index < -0.39 is 0 Å². The van der Waals surface area contributed by atoms with E-state index >= 15 is 0 Å². The Morgan fingerprint density at radius 3 is 2.57 bits per heavy atom. The number of H-pyrrole nitrogens is 1. The molecule has 0 aliphatic rings. The summed E-state index contributed by atoms with van der Waals surface area (Å²) >= 11 is 12.4. The summed E-state index contributed by atoms with van der Waals surface area (Å²) in [6.45, 7) is 3.85. The van der Waals surface area contributed by atoms with E-state index in [9.17, 15) is 0 Å². The van der Waals surface area contributed by atoms with Crippen LogP contribution in [0.5, 0.6) is 5.88 Å². The van der Waals surface area contributed by atoms with Crippen LogP contribution in [0.15, 0.2) is 42.6 Å². The third-order valence-electron chi connectivity index (χ3n) is 3.19. The van der Waals surface area contributed by atoms with E-state index in [4.69, 9.17) is 27.9 Å². The normalized spacial score (nSPS) is 11.0. The third-order valence-corrected chi connectivity index (χ3v) is 3.79. The lowest BCUT2D eigenvalue weighted by molar-refractivity contribution is 0.233. The summed E-state index contributed by atoms with van der Waals surface area (Å²) in [5.74, 6) is 0.423. The highest BCUT2D eigenvalue weighted by molar-refractivity contribution is 6.33. The van der Waals surface area contributed by atoms with Crippen LogP contribution in [0.3, 0.4) is 0 Å². The zero-order valence-corrected chi connectivity index (χ0v) is 14.2. The molecule has 3 rings (SSSR count). The Hall–Kier alpha value is -2.04. The number of aromatic nitrogens is 3. The molecule has 118 valence electrons. The second kappa shape index (κ2) is 6.60. The molecular formula is C17H15Cl2N3O. The number of pyridine rings is 1. The number of rotatable bonds is 4. The highest BCUT2D eigenvalue weighted by atomic mass is 35.5. The van der Waals surface area contributed by atoms with Gasteiger partial charge in [0, 0.05) is 22.3 Å². The molecule has 0 atom stereocenters. The van der Waals surface area contributed by atoms with Gasteiger partial charge in [0.2, 0.25) is 5.88 Å². The molecule has 1 aromatic carbocycles. The molecule has 0 amide bonds. The number of hydrogen-bond acceptors (Lipinski definition) is 3. The number of ether oxygens (including phenoxy) is 1. The molecular weight excluding hydrogens is 333 g/mol. The van der Waals surface area contributed by atoms with Gasteiger partial charge in [0.15, 0.2) is 0 Å². The van der Waals surface area contributed by atoms with Crippen molar-refractivity contribution in [2.24, 2.45) is 0 Å². The van der Waals surface area contributed by atoms with Crippen molar-refractivity contribution < 1.29 is 4.74 Å². The van der Waals surface area contributed by atoms with E-state index in [2.05, 4.69) is 15.2 Å². The van der Waals surface area contributed by atoms with Gasteiger partial charge in [-0.1, -0.05) is 41.4 Å². The van der Waals surface area contributed by atoms with Gasteiger partial charge in [-0.25, -0.2) is 4.98 Å². The van der Waals surface area contributed by atoms with Crippen LogP contribution in [-0.2, 0) is 0 Å². The van der Waals surface area contributed by atoms with Crippen LogP contribution >= 0.6 is 23.2 Å². The first-order valence-electron chi connectivity index (χ1n) is 7.17. The second-order valence-electron chi connectivity index (χ2n) is 5.32. The summed E-state index contributed by atoms with van der Waals surface area (Å²) in [5.41, 5.74) is 3.28. The average Bonchev–Trinajstić information content (AvgIpc) is 2.99. The van der Waals surface area contributed by atoms with E-state index in [1.54, 1.807) is 12.3 Å². The van der Waals surface area contributed by atoms with Gasteiger partial charge in [-0.15, -0.1) is 0 Å². The first-order chi connectivity index (χ1) is 11.0. The van der Waals surface area contributed by atoms with Gasteiger partial charge in [-0.3, -0.25) is 5.10 Å². The lowest BCUT2D eigenvalue weighted by atomic mass is 10.1. The predicted molar refractivity (Wildman–Crippen MR) is 93.0 cm³/mol. The SMILES string of the molecule is CC(C)Oc1ncc(-c2cc(-c3ccccc3Cl)[nH]n2)cc1Cl. The zero-order chi connectivity index (χ0) is 16.4. The molecule has 0 saturated heterocycles. The molecule has 4 nitrogen and oxygen atoms in total. The number of benzene rings is 1. The van der Waals surface area contributed by atoms with Gasteiger partial charge < -0.3 is 4.74 Å². The van der Waals surface area contributed by atoms with Crippen LogP contribution in [-0.4, -0.2) is 21.3 Å². The van der Waals surface area contributed by atoms with Crippen molar-refractivity contribution in [3.05, 3.63) is 52.6 Å². The molecule has 0 unspecified atom stereocenters. The molecule has 0 bridgehead atoms. The fraction of sp³-hybridized carbons (Fsp3) is 0.176. The monoisotopic (exact) mass is 347 g/mol. The predicted octanol–water partition coefficient (Wildman–Crippen LogP) is 5.23. The minimum absolute atomic E-state index is 0.0167. The number of nitrogens with one attached hydrogen (secondary N) is 1. The summed E-state index contributed by atoms with van der Waals surface area (Å²) in [4.78, 5) is 4.26. The van der Waals surface area contributed by atoms with Crippen LogP contribution in [0, 0.1) is 0 Å². The van der Waals surface area contributed by atoms with Crippen LogP contribution in [0.4, 0.5) is 0 Å². The van der Waals surface area contributed by atoms with Crippen LogP contribution in [0.2, 0.25) is 10.0 Å². The zero-order valence-electron chi connectivity index (χ0n) is 12.7. The minimum atomic E-state index is 0.0167. The van der Waals surface area contributed by atoms with Crippen molar-refractivity contribution in [3.8, 4) is 28.4 Å². The molecule has 0 saturated carbocycles. The summed E-state index contributed by atoms with van der Waals surface area (Å²) in [6.07, 6.45) is 1.71. The number of aromatic amines is 1. The highest BCUT2D eigenvalue weighted by Crippen LogP contribution is 2.31. The molecule has 3 aromatic rings. The van der Waals surface area contributed by atoms with E-state index in [0.29, 0.717) is 15.9 Å². The fourth-order valence-electron chi connectivity index (χ4n) is 2.16. The van der Waals surface area contributed by atoms with Gasteiger partial charge in [-0.05, 0) is 32.0 Å². The molecule has 23 heavy (non-hydrogen) atoms. The smallest absolute Gasteiger partial charge is 0.232 e. The van der Waals surface area contributed by atoms with Crippen molar-refractivity contribution in [2.75, 3.05) is 0 Å². The summed E-state index contributed by atoms with van der Waals surface area (Å²) in [6, 6.07) is 11.3. The molecule has 2 aromatic heterocycles. The Morgan fingerprint density at radius 2 is 1.87 bits per heavy atom. The Kier molecular flexibility index (Phi) is 4.55. The fourth-order valence-corrected chi connectivity index (χ4v) is 2.61. The molecule has 0 radical (unpaired) electrons. The average molecular weight is 348 g/mol. The van der Waals surface area contributed by atoms with Crippen molar-refractivity contribution in [1.29, 1.82) is 0 Å². The summed E-state index contributed by atoms with van der Waals surface area (Å²) in [7, 11) is 0. The number of nitrogens with zero attached hydrogens (tertiary/aromatic N) is 2. The highest BCUT2D eigenvalue weighted by Gasteiger charge is 2.12. The van der Waals surface area contributed by atoms with Crippen molar-refractivity contribution in [2.45, 2.75) is 20.0 Å². The molecule has 2 heterocycles. The standard InChI is InChI=1S/C17H15Cl2N3O/c1-10(2)23-17-14(19)7-11(9-20-17)15-8-16(22-21-15)12-5-3-4-6-13(12)18/h3-10H,1-2H3,(H,21,22). The molecule has 0 aliphatic heterocycles. The minimum Gasteiger partial charge on any atom is -0.474 e. The van der Waals surface area contributed by atoms with Gasteiger partial charge >= 0.3 is 0 Å². The first-order valence-corrected chi connectivity index (χ1v) is 7.93. The Balaban J connectivity index is 1.92. The van der Waals surface area contributed by atoms with Crippen LogP contribution in [0.25, 0.3) is 22.5 Å². The van der Waals surface area contributed by atoms with Crippen LogP contribution in [0.1, 0.15) is 13.8 Å². The van der Waals surface area contributed by atoms with E-state index in [1.807, 2.05) is 44.2 Å². The molecule has 6 heteroatoms. The summed E-state index contributed by atoms with van der Waals surface area (Å²) < 4.78 is 5.54. The Morgan fingerprint density at radius 1 is 1.09 bits per heavy atom. The lowest BCUT2D eigenvalue weighted by Crippen LogP contribution is -2.07. The maximum absolute atomic E-state index is 6.23. The van der Waals surface area contributed by atoms with E-state index in [1.165, 1.54) is 0 Å². The van der Waals surface area contributed by atoms with Gasteiger partial charge in [-0.2, -0.15) is 5.10 Å². The summed E-state index contributed by atoms with van der Waals surface area (Å²) in [5, 5.41) is 8.43.